The largest absolute Gasteiger partial charge is 0.476 e. The monoisotopic (exact) mass is 242 g/mol. The highest BCUT2D eigenvalue weighted by atomic mass is 32.1. The Morgan fingerprint density at radius 3 is 2.56 bits per heavy atom. The van der Waals surface area contributed by atoms with E-state index in [4.69, 9.17) is 10.8 Å². The first-order valence-corrected chi connectivity index (χ1v) is 5.76. The van der Waals surface area contributed by atoms with Gasteiger partial charge in [0.05, 0.1) is 5.01 Å². The average molecular weight is 242 g/mol. The van der Waals surface area contributed by atoms with Crippen LogP contribution in [0.4, 0.5) is 0 Å². The van der Waals surface area contributed by atoms with Gasteiger partial charge >= 0.3 is 5.97 Å². The predicted octanol–water partition coefficient (Wildman–Crippen LogP) is 1.32. The molecular weight excluding hydrogens is 228 g/mol. The lowest BCUT2D eigenvalue weighted by molar-refractivity contribution is 0.0686. The maximum Gasteiger partial charge on any atom is 0.356 e. The molecule has 1 rings (SSSR count). The molecule has 6 heteroatoms. The number of rotatable bonds is 5. The Morgan fingerprint density at radius 1 is 1.56 bits per heavy atom. The van der Waals surface area contributed by atoms with Crippen molar-refractivity contribution in [3.63, 3.8) is 0 Å². The number of aromatic nitrogens is 1. The summed E-state index contributed by atoms with van der Waals surface area (Å²) in [5.41, 5.74) is 5.59. The molecule has 1 unspecified atom stereocenters. The zero-order chi connectivity index (χ0) is 12.3. The van der Waals surface area contributed by atoms with Crippen LogP contribution in [0.15, 0.2) is 0 Å². The van der Waals surface area contributed by atoms with Crippen LogP contribution < -0.4 is 5.73 Å². The minimum atomic E-state index is -1.17. The van der Waals surface area contributed by atoms with Gasteiger partial charge in [-0.1, -0.05) is 6.92 Å². The molecular formula is C10H14N2O3S. The normalized spacial score (nSPS) is 12.4. The topological polar surface area (TPSA) is 93.3 Å². The van der Waals surface area contributed by atoms with E-state index in [-0.39, 0.29) is 22.4 Å². The summed E-state index contributed by atoms with van der Waals surface area (Å²) in [5, 5.41) is 9.49. The zero-order valence-corrected chi connectivity index (χ0v) is 10.0. The molecule has 0 aliphatic heterocycles. The molecule has 0 amide bonds. The number of hydrogen-bond donors (Lipinski definition) is 2. The first-order chi connectivity index (χ1) is 7.45. The number of carboxylic acids is 1. The summed E-state index contributed by atoms with van der Waals surface area (Å²) >= 11 is 1.12. The van der Waals surface area contributed by atoms with E-state index in [1.54, 1.807) is 0 Å². The number of carbonyl (C=O) groups is 2. The SMILES string of the molecule is CCC(N)Cc1nc(C(=O)O)c(C(C)=O)s1. The van der Waals surface area contributed by atoms with Gasteiger partial charge in [0.15, 0.2) is 11.5 Å². The molecule has 1 aromatic heterocycles. The highest BCUT2D eigenvalue weighted by Gasteiger charge is 2.20. The molecule has 0 saturated carbocycles. The summed E-state index contributed by atoms with van der Waals surface area (Å²) in [7, 11) is 0. The Labute approximate surface area is 97.3 Å². The summed E-state index contributed by atoms with van der Waals surface area (Å²) in [6.07, 6.45) is 1.30. The summed E-state index contributed by atoms with van der Waals surface area (Å²) < 4.78 is 0. The number of thiazole rings is 1. The van der Waals surface area contributed by atoms with E-state index < -0.39 is 5.97 Å². The first kappa shape index (κ1) is 12.8. The van der Waals surface area contributed by atoms with Crippen LogP contribution in [0.2, 0.25) is 0 Å². The Kier molecular flexibility index (Phi) is 4.14. The molecule has 88 valence electrons. The van der Waals surface area contributed by atoms with Crippen molar-refractivity contribution in [1.29, 1.82) is 0 Å². The van der Waals surface area contributed by atoms with Crippen LogP contribution in [0, 0.1) is 0 Å². The lowest BCUT2D eigenvalue weighted by atomic mass is 10.2. The van der Waals surface area contributed by atoms with E-state index in [9.17, 15) is 9.59 Å². The summed E-state index contributed by atoms with van der Waals surface area (Å²) in [5.74, 6) is -1.44. The van der Waals surface area contributed by atoms with Crippen LogP contribution in [-0.2, 0) is 6.42 Å². The highest BCUT2D eigenvalue weighted by molar-refractivity contribution is 7.14. The lowest BCUT2D eigenvalue weighted by Crippen LogP contribution is -2.21. The molecule has 5 nitrogen and oxygen atoms in total. The maximum absolute atomic E-state index is 11.2. The quantitative estimate of drug-likeness (QED) is 0.759. The summed E-state index contributed by atoms with van der Waals surface area (Å²) in [6, 6.07) is -0.0485. The smallest absolute Gasteiger partial charge is 0.356 e. The van der Waals surface area contributed by atoms with E-state index in [0.29, 0.717) is 11.4 Å². The van der Waals surface area contributed by atoms with Gasteiger partial charge in [0.2, 0.25) is 0 Å². The fourth-order valence-electron chi connectivity index (χ4n) is 1.20. The minimum absolute atomic E-state index is 0.0485. The van der Waals surface area contributed by atoms with Crippen LogP contribution in [0.25, 0.3) is 0 Å². The van der Waals surface area contributed by atoms with Gasteiger partial charge in [-0.15, -0.1) is 11.3 Å². The molecule has 1 aromatic rings. The van der Waals surface area contributed by atoms with Gasteiger partial charge in [-0.2, -0.15) is 0 Å². The second kappa shape index (κ2) is 5.18. The molecule has 0 aromatic carbocycles. The second-order valence-electron chi connectivity index (χ2n) is 3.52. The fourth-order valence-corrected chi connectivity index (χ4v) is 2.25. The number of Topliss-reactive ketones (excluding diaryl/α,β-unsaturated/α-hetero) is 1. The highest BCUT2D eigenvalue weighted by Crippen LogP contribution is 2.20. The van der Waals surface area contributed by atoms with Gasteiger partial charge in [-0.05, 0) is 6.42 Å². The molecule has 0 aliphatic rings. The third-order valence-electron chi connectivity index (χ3n) is 2.15. The van der Waals surface area contributed by atoms with Gasteiger partial charge in [-0.3, -0.25) is 4.79 Å². The zero-order valence-electron chi connectivity index (χ0n) is 9.19. The average Bonchev–Trinajstić information content (AvgIpc) is 2.61. The van der Waals surface area contributed by atoms with Crippen molar-refractivity contribution in [2.24, 2.45) is 5.73 Å². The molecule has 16 heavy (non-hydrogen) atoms. The fraction of sp³-hybridized carbons (Fsp3) is 0.500. The second-order valence-corrected chi connectivity index (χ2v) is 4.60. The van der Waals surface area contributed by atoms with Crippen molar-refractivity contribution >= 4 is 23.1 Å². The molecule has 0 fully saturated rings. The number of aromatic carboxylic acids is 1. The van der Waals surface area contributed by atoms with Crippen LogP contribution in [0.3, 0.4) is 0 Å². The Balaban J connectivity index is 3.02. The third kappa shape index (κ3) is 2.86. The van der Waals surface area contributed by atoms with Gasteiger partial charge in [0.25, 0.3) is 0 Å². The predicted molar refractivity (Wildman–Crippen MR) is 61.0 cm³/mol. The third-order valence-corrected chi connectivity index (χ3v) is 3.33. The van der Waals surface area contributed by atoms with Crippen LogP contribution >= 0.6 is 11.3 Å². The maximum atomic E-state index is 11.2. The number of hydrogen-bond acceptors (Lipinski definition) is 5. The Hall–Kier alpha value is -1.27. The minimum Gasteiger partial charge on any atom is -0.476 e. The molecule has 0 saturated heterocycles. The van der Waals surface area contributed by atoms with Gasteiger partial charge in [0, 0.05) is 19.4 Å². The van der Waals surface area contributed by atoms with E-state index in [0.717, 1.165) is 17.8 Å². The van der Waals surface area contributed by atoms with Crippen molar-refractivity contribution in [1.82, 2.24) is 4.98 Å². The number of carbonyl (C=O) groups excluding carboxylic acids is 1. The number of ketones is 1. The summed E-state index contributed by atoms with van der Waals surface area (Å²) in [4.78, 5) is 26.2. The molecule has 0 spiro atoms. The van der Waals surface area contributed by atoms with Crippen molar-refractivity contribution in [3.8, 4) is 0 Å². The van der Waals surface area contributed by atoms with E-state index in [1.165, 1.54) is 6.92 Å². The van der Waals surface area contributed by atoms with E-state index >= 15 is 0 Å². The Bertz CT molecular complexity index is 383. The molecule has 0 radical (unpaired) electrons. The molecule has 1 atom stereocenters. The number of nitrogens with zero attached hydrogens (tertiary/aromatic N) is 1. The van der Waals surface area contributed by atoms with Crippen molar-refractivity contribution in [3.05, 3.63) is 15.6 Å². The Morgan fingerprint density at radius 2 is 2.19 bits per heavy atom. The molecule has 0 aliphatic carbocycles. The standard InChI is InChI=1S/C10H14N2O3S/c1-3-6(11)4-7-12-8(10(14)15)9(16-7)5(2)13/h6H,3-4,11H2,1-2H3,(H,14,15). The molecule has 0 bridgehead atoms. The first-order valence-electron chi connectivity index (χ1n) is 4.95. The van der Waals surface area contributed by atoms with Gasteiger partial charge in [-0.25, -0.2) is 9.78 Å². The van der Waals surface area contributed by atoms with Crippen LogP contribution in [0.5, 0.6) is 0 Å². The van der Waals surface area contributed by atoms with Crippen LogP contribution in [0.1, 0.15) is 45.4 Å². The number of carboxylic acid groups (broad SMARTS) is 1. The van der Waals surface area contributed by atoms with Crippen molar-refractivity contribution in [2.45, 2.75) is 32.7 Å². The van der Waals surface area contributed by atoms with E-state index in [1.807, 2.05) is 6.92 Å². The summed E-state index contributed by atoms with van der Waals surface area (Å²) in [6.45, 7) is 3.28. The van der Waals surface area contributed by atoms with Crippen LogP contribution in [-0.4, -0.2) is 27.9 Å². The van der Waals surface area contributed by atoms with Gasteiger partial charge < -0.3 is 10.8 Å². The van der Waals surface area contributed by atoms with Crippen molar-refractivity contribution < 1.29 is 14.7 Å². The molecule has 1 heterocycles. The van der Waals surface area contributed by atoms with Crippen molar-refractivity contribution in [2.75, 3.05) is 0 Å². The number of nitrogens with two attached hydrogens (primary N) is 1. The molecule has 3 N–H and O–H groups in total. The lowest BCUT2D eigenvalue weighted by Gasteiger charge is -2.03. The van der Waals surface area contributed by atoms with Gasteiger partial charge in [0.1, 0.15) is 4.88 Å². The van der Waals surface area contributed by atoms with E-state index in [2.05, 4.69) is 4.98 Å².